The van der Waals surface area contributed by atoms with E-state index in [4.69, 9.17) is 14.6 Å². The zero-order valence-corrected chi connectivity index (χ0v) is 8.45. The maximum absolute atomic E-state index is 9.52. The van der Waals surface area contributed by atoms with Crippen LogP contribution in [0.25, 0.3) is 0 Å². The summed E-state index contributed by atoms with van der Waals surface area (Å²) in [5.74, 6) is 0. The standard InChI is InChI=1S/C9H20O4/c1-3-9(2,11)8-13-7-6-12-5-4-10/h10-11H,3-8H2,1-2H3. The first-order chi connectivity index (χ1) is 6.12. The third-order valence-electron chi connectivity index (χ3n) is 1.78. The van der Waals surface area contributed by atoms with Crippen molar-refractivity contribution >= 4 is 0 Å². The van der Waals surface area contributed by atoms with Crippen molar-refractivity contribution in [2.45, 2.75) is 25.9 Å². The predicted molar refractivity (Wildman–Crippen MR) is 49.6 cm³/mol. The fraction of sp³-hybridized carbons (Fsp3) is 1.00. The van der Waals surface area contributed by atoms with Crippen LogP contribution >= 0.6 is 0 Å². The van der Waals surface area contributed by atoms with Gasteiger partial charge in [-0.3, -0.25) is 0 Å². The van der Waals surface area contributed by atoms with Crippen molar-refractivity contribution in [3.63, 3.8) is 0 Å². The molecule has 0 saturated carbocycles. The Bertz CT molecular complexity index is 114. The molecule has 80 valence electrons. The molecule has 1 unspecified atom stereocenters. The zero-order valence-electron chi connectivity index (χ0n) is 8.45. The predicted octanol–water partition coefficient (Wildman–Crippen LogP) is 0.173. The summed E-state index contributed by atoms with van der Waals surface area (Å²) >= 11 is 0. The summed E-state index contributed by atoms with van der Waals surface area (Å²) in [6.45, 7) is 5.26. The van der Waals surface area contributed by atoms with Crippen LogP contribution in [-0.2, 0) is 9.47 Å². The van der Waals surface area contributed by atoms with E-state index in [1.54, 1.807) is 6.92 Å². The molecule has 0 radical (unpaired) electrons. The molecule has 0 fully saturated rings. The van der Waals surface area contributed by atoms with Crippen LogP contribution in [0.1, 0.15) is 20.3 Å². The van der Waals surface area contributed by atoms with Gasteiger partial charge in [-0.1, -0.05) is 6.92 Å². The van der Waals surface area contributed by atoms with E-state index in [1.165, 1.54) is 0 Å². The van der Waals surface area contributed by atoms with Crippen molar-refractivity contribution in [1.82, 2.24) is 0 Å². The Morgan fingerprint density at radius 2 is 1.77 bits per heavy atom. The molecule has 0 aromatic rings. The molecule has 0 aliphatic carbocycles. The first-order valence-corrected chi connectivity index (χ1v) is 4.61. The Kier molecular flexibility index (Phi) is 7.17. The van der Waals surface area contributed by atoms with Gasteiger partial charge < -0.3 is 19.7 Å². The minimum Gasteiger partial charge on any atom is -0.394 e. The van der Waals surface area contributed by atoms with Crippen molar-refractivity contribution in [3.8, 4) is 0 Å². The highest BCUT2D eigenvalue weighted by Crippen LogP contribution is 2.07. The SMILES string of the molecule is CCC(C)(O)COCCOCCO. The number of hydrogen-bond donors (Lipinski definition) is 2. The third-order valence-corrected chi connectivity index (χ3v) is 1.78. The monoisotopic (exact) mass is 192 g/mol. The molecule has 2 N–H and O–H groups in total. The van der Waals surface area contributed by atoms with Crippen LogP contribution in [0, 0.1) is 0 Å². The van der Waals surface area contributed by atoms with E-state index in [9.17, 15) is 5.11 Å². The summed E-state index contributed by atoms with van der Waals surface area (Å²) < 4.78 is 10.2. The van der Waals surface area contributed by atoms with Gasteiger partial charge in [0, 0.05) is 0 Å². The molecule has 0 bridgehead atoms. The van der Waals surface area contributed by atoms with Gasteiger partial charge in [-0.05, 0) is 13.3 Å². The van der Waals surface area contributed by atoms with Gasteiger partial charge in [0.1, 0.15) is 0 Å². The number of rotatable bonds is 8. The smallest absolute Gasteiger partial charge is 0.0849 e. The lowest BCUT2D eigenvalue weighted by Crippen LogP contribution is -2.30. The Morgan fingerprint density at radius 1 is 1.15 bits per heavy atom. The van der Waals surface area contributed by atoms with Crippen LogP contribution in [0.5, 0.6) is 0 Å². The van der Waals surface area contributed by atoms with Gasteiger partial charge in [0.2, 0.25) is 0 Å². The van der Waals surface area contributed by atoms with Gasteiger partial charge >= 0.3 is 0 Å². The number of hydrogen-bond acceptors (Lipinski definition) is 4. The molecule has 0 aliphatic rings. The summed E-state index contributed by atoms with van der Waals surface area (Å²) in [4.78, 5) is 0. The van der Waals surface area contributed by atoms with Crippen molar-refractivity contribution in [2.75, 3.05) is 33.0 Å². The van der Waals surface area contributed by atoms with Crippen LogP contribution in [0.3, 0.4) is 0 Å². The maximum atomic E-state index is 9.52. The van der Waals surface area contributed by atoms with Gasteiger partial charge in [-0.15, -0.1) is 0 Å². The normalized spacial score (nSPS) is 15.7. The van der Waals surface area contributed by atoms with E-state index in [2.05, 4.69) is 0 Å². The lowest BCUT2D eigenvalue weighted by Gasteiger charge is -2.20. The highest BCUT2D eigenvalue weighted by atomic mass is 16.5. The molecule has 0 aromatic carbocycles. The summed E-state index contributed by atoms with van der Waals surface area (Å²) in [7, 11) is 0. The molecule has 0 aliphatic heterocycles. The topological polar surface area (TPSA) is 58.9 Å². The molecule has 0 aromatic heterocycles. The first-order valence-electron chi connectivity index (χ1n) is 4.61. The van der Waals surface area contributed by atoms with Crippen LogP contribution in [-0.4, -0.2) is 48.8 Å². The van der Waals surface area contributed by atoms with Crippen molar-refractivity contribution in [3.05, 3.63) is 0 Å². The molecule has 0 rings (SSSR count). The molecule has 0 amide bonds. The Labute approximate surface area is 79.5 Å². The summed E-state index contributed by atoms with van der Waals surface area (Å²) in [6, 6.07) is 0. The zero-order chi connectivity index (χ0) is 10.2. The molecule has 0 saturated heterocycles. The summed E-state index contributed by atoms with van der Waals surface area (Å²) in [5, 5.41) is 17.9. The fourth-order valence-corrected chi connectivity index (χ4v) is 0.679. The van der Waals surface area contributed by atoms with Crippen LogP contribution in [0.4, 0.5) is 0 Å². The summed E-state index contributed by atoms with van der Waals surface area (Å²) in [5.41, 5.74) is -0.739. The maximum Gasteiger partial charge on any atom is 0.0849 e. The van der Waals surface area contributed by atoms with Gasteiger partial charge in [-0.25, -0.2) is 0 Å². The first kappa shape index (κ1) is 12.8. The van der Waals surface area contributed by atoms with Gasteiger partial charge in [0.15, 0.2) is 0 Å². The number of aliphatic hydroxyl groups is 2. The lowest BCUT2D eigenvalue weighted by molar-refractivity contribution is -0.0510. The minimum absolute atomic E-state index is 0.0344. The van der Waals surface area contributed by atoms with E-state index < -0.39 is 5.60 Å². The Balaban J connectivity index is 3.16. The Hall–Kier alpha value is -0.160. The third kappa shape index (κ3) is 8.18. The molecular weight excluding hydrogens is 172 g/mol. The largest absolute Gasteiger partial charge is 0.394 e. The molecule has 0 heterocycles. The van der Waals surface area contributed by atoms with Crippen molar-refractivity contribution in [2.24, 2.45) is 0 Å². The van der Waals surface area contributed by atoms with Crippen molar-refractivity contribution < 1.29 is 19.7 Å². The second kappa shape index (κ2) is 7.26. The van der Waals surface area contributed by atoms with E-state index in [1.807, 2.05) is 6.92 Å². The van der Waals surface area contributed by atoms with Crippen LogP contribution in [0.15, 0.2) is 0 Å². The fourth-order valence-electron chi connectivity index (χ4n) is 0.679. The average molecular weight is 192 g/mol. The number of ether oxygens (including phenoxy) is 2. The van der Waals surface area contributed by atoms with Crippen molar-refractivity contribution in [1.29, 1.82) is 0 Å². The van der Waals surface area contributed by atoms with Crippen LogP contribution in [0.2, 0.25) is 0 Å². The molecule has 13 heavy (non-hydrogen) atoms. The lowest BCUT2D eigenvalue weighted by atomic mass is 10.1. The molecular formula is C9H20O4. The van der Waals surface area contributed by atoms with Gasteiger partial charge in [-0.2, -0.15) is 0 Å². The summed E-state index contributed by atoms with van der Waals surface area (Å²) in [6.07, 6.45) is 0.671. The van der Waals surface area contributed by atoms with E-state index in [-0.39, 0.29) is 6.61 Å². The number of aliphatic hydroxyl groups excluding tert-OH is 1. The second-order valence-corrected chi connectivity index (χ2v) is 3.24. The quantitative estimate of drug-likeness (QED) is 0.538. The van der Waals surface area contributed by atoms with Gasteiger partial charge in [0.25, 0.3) is 0 Å². The Morgan fingerprint density at radius 3 is 2.31 bits per heavy atom. The average Bonchev–Trinajstić information content (AvgIpc) is 2.11. The molecule has 0 spiro atoms. The van der Waals surface area contributed by atoms with Gasteiger partial charge in [0.05, 0.1) is 38.6 Å². The second-order valence-electron chi connectivity index (χ2n) is 3.24. The highest BCUT2D eigenvalue weighted by Gasteiger charge is 2.16. The van der Waals surface area contributed by atoms with E-state index in [0.29, 0.717) is 32.8 Å². The molecule has 4 heteroatoms. The molecule has 1 atom stereocenters. The highest BCUT2D eigenvalue weighted by molar-refractivity contribution is 4.68. The van der Waals surface area contributed by atoms with E-state index in [0.717, 1.165) is 0 Å². The minimum atomic E-state index is -0.739. The van der Waals surface area contributed by atoms with E-state index >= 15 is 0 Å². The van der Waals surface area contributed by atoms with Crippen LogP contribution < -0.4 is 0 Å². The molecule has 4 nitrogen and oxygen atoms in total.